The summed E-state index contributed by atoms with van der Waals surface area (Å²) < 4.78 is 30.5. The third-order valence-corrected chi connectivity index (χ3v) is 8.02. The second-order valence-electron chi connectivity index (χ2n) is 18.8. The van der Waals surface area contributed by atoms with Gasteiger partial charge in [-0.05, 0) is 109 Å². The van der Waals surface area contributed by atoms with Crippen LogP contribution < -0.4 is 5.32 Å². The molecule has 0 saturated carbocycles. The van der Waals surface area contributed by atoms with Crippen LogP contribution in [-0.4, -0.2) is 89.9 Å². The zero-order valence-corrected chi connectivity index (χ0v) is 34.3. The molecule has 298 valence electrons. The first-order chi connectivity index (χ1) is 24.0. The first-order valence-corrected chi connectivity index (χ1v) is 18.0. The number of rotatable bonds is 11. The van der Waals surface area contributed by atoms with Crippen LogP contribution in [-0.2, 0) is 58.9 Å². The van der Waals surface area contributed by atoms with Gasteiger partial charge in [0.1, 0.15) is 18.8 Å². The summed E-state index contributed by atoms with van der Waals surface area (Å²) in [5, 5.41) is 2.93. The fraction of sp³-hybridized carbons (Fsp3) is 0.700. The van der Waals surface area contributed by atoms with Crippen molar-refractivity contribution in [3.63, 3.8) is 0 Å². The van der Waals surface area contributed by atoms with E-state index in [0.717, 1.165) is 4.90 Å². The second kappa shape index (κ2) is 17.0. The van der Waals surface area contributed by atoms with Crippen molar-refractivity contribution < 1.29 is 52.5 Å². The molecule has 0 aliphatic carbocycles. The minimum absolute atomic E-state index is 0.0137. The first-order valence-electron chi connectivity index (χ1n) is 18.0. The van der Waals surface area contributed by atoms with Gasteiger partial charge in [-0.15, -0.1) is 0 Å². The molecular formula is C40H62N2O11. The van der Waals surface area contributed by atoms with Crippen molar-refractivity contribution in [1.29, 1.82) is 0 Å². The normalized spacial score (nSPS) is 21.8. The summed E-state index contributed by atoms with van der Waals surface area (Å²) in [6, 6.07) is 7.74. The van der Waals surface area contributed by atoms with Gasteiger partial charge in [0.25, 0.3) is 0 Å². The zero-order chi connectivity index (χ0) is 40.9. The van der Waals surface area contributed by atoms with Crippen molar-refractivity contribution in [3.05, 3.63) is 35.9 Å². The van der Waals surface area contributed by atoms with Crippen molar-refractivity contribution in [3.8, 4) is 0 Å². The molecule has 1 aromatic rings. The molecule has 3 unspecified atom stereocenters. The van der Waals surface area contributed by atoms with Gasteiger partial charge in [-0.3, -0.25) is 28.8 Å². The number of nitrogens with one attached hydrogen (secondary N) is 1. The Morgan fingerprint density at radius 1 is 0.679 bits per heavy atom. The molecule has 2 amide bonds. The predicted molar refractivity (Wildman–Crippen MR) is 197 cm³/mol. The van der Waals surface area contributed by atoms with Crippen LogP contribution in [0.25, 0.3) is 0 Å². The molecule has 0 bridgehead atoms. The summed E-state index contributed by atoms with van der Waals surface area (Å²) in [6.45, 7) is 24.4. The Hall–Kier alpha value is -4.00. The van der Waals surface area contributed by atoms with Gasteiger partial charge in [0.2, 0.25) is 12.3 Å². The largest absolute Gasteiger partial charge is 0.462 e. The molecule has 1 aliphatic rings. The minimum atomic E-state index is -1.63. The highest BCUT2D eigenvalue weighted by Gasteiger charge is 2.57. The minimum Gasteiger partial charge on any atom is -0.462 e. The Morgan fingerprint density at radius 3 is 1.53 bits per heavy atom. The lowest BCUT2D eigenvalue weighted by atomic mass is 9.91. The summed E-state index contributed by atoms with van der Waals surface area (Å²) in [7, 11) is 0. The highest BCUT2D eigenvalue weighted by Crippen LogP contribution is 2.36. The molecule has 1 aliphatic heterocycles. The first kappa shape index (κ1) is 45.2. The molecule has 1 heterocycles. The number of carbonyl (C=O) groups is 6. The molecule has 1 aromatic carbocycles. The molecule has 0 radical (unpaired) electrons. The zero-order valence-electron chi connectivity index (χ0n) is 34.3. The maximum absolute atomic E-state index is 14.1. The monoisotopic (exact) mass is 746 g/mol. The molecule has 53 heavy (non-hydrogen) atoms. The second-order valence-corrected chi connectivity index (χ2v) is 18.8. The molecule has 1 fully saturated rings. The summed E-state index contributed by atoms with van der Waals surface area (Å²) in [5.41, 5.74) is -4.19. The molecule has 1 saturated heterocycles. The molecule has 6 atom stereocenters. The maximum Gasteiger partial charge on any atom is 0.311 e. The SMILES string of the molecule is CC(C)(C)NC(=O)[C@@H](Cc1ccccc1)N(C=O)[C@@H]1OC(COC(=O)C(C)(C)C)[C@H](OC(=O)C(C)(C)C)C(OC(=O)C(C)(C)C)C1OC(=O)C(C)(C)C. The lowest BCUT2D eigenvalue weighted by molar-refractivity contribution is -0.282. The molecule has 2 rings (SSSR count). The van der Waals surface area contributed by atoms with E-state index in [0.29, 0.717) is 12.0 Å². The number of benzene rings is 1. The maximum atomic E-state index is 14.1. The quantitative estimate of drug-likeness (QED) is 0.181. The topological polar surface area (TPSA) is 164 Å². The van der Waals surface area contributed by atoms with Crippen LogP contribution in [0.2, 0.25) is 0 Å². The van der Waals surface area contributed by atoms with E-state index in [1.807, 2.05) is 6.07 Å². The third kappa shape index (κ3) is 13.1. The average Bonchev–Trinajstić information content (AvgIpc) is 2.99. The van der Waals surface area contributed by atoms with Crippen molar-refractivity contribution >= 4 is 36.2 Å². The number of hydrogen-bond acceptors (Lipinski definition) is 11. The molecular weight excluding hydrogens is 684 g/mol. The van der Waals surface area contributed by atoms with Gasteiger partial charge in [-0.25, -0.2) is 0 Å². The predicted octanol–water partition coefficient (Wildman–Crippen LogP) is 5.16. The highest BCUT2D eigenvalue weighted by molar-refractivity contribution is 5.85. The van der Waals surface area contributed by atoms with E-state index in [4.69, 9.17) is 23.7 Å². The number of amides is 2. The highest BCUT2D eigenvalue weighted by atomic mass is 16.7. The number of esters is 4. The van der Waals surface area contributed by atoms with Gasteiger partial charge in [0, 0.05) is 12.0 Å². The van der Waals surface area contributed by atoms with Crippen molar-refractivity contribution in [2.45, 2.75) is 153 Å². The van der Waals surface area contributed by atoms with E-state index in [-0.39, 0.29) is 6.42 Å². The van der Waals surface area contributed by atoms with Crippen LogP contribution in [0.1, 0.15) is 109 Å². The van der Waals surface area contributed by atoms with Crippen molar-refractivity contribution in [2.75, 3.05) is 6.61 Å². The Balaban J connectivity index is 2.96. The van der Waals surface area contributed by atoms with Gasteiger partial charge >= 0.3 is 23.9 Å². The van der Waals surface area contributed by atoms with Crippen LogP contribution in [0.3, 0.4) is 0 Å². The van der Waals surface area contributed by atoms with Gasteiger partial charge in [0.15, 0.2) is 24.5 Å². The van der Waals surface area contributed by atoms with E-state index >= 15 is 0 Å². The Kier molecular flexibility index (Phi) is 14.5. The van der Waals surface area contributed by atoms with Gasteiger partial charge in [-0.2, -0.15) is 0 Å². The van der Waals surface area contributed by atoms with Gasteiger partial charge in [-0.1, -0.05) is 30.3 Å². The van der Waals surface area contributed by atoms with E-state index in [1.165, 1.54) is 0 Å². The third-order valence-electron chi connectivity index (χ3n) is 8.02. The smallest absolute Gasteiger partial charge is 0.311 e. The van der Waals surface area contributed by atoms with Crippen molar-refractivity contribution in [1.82, 2.24) is 10.2 Å². The molecule has 0 spiro atoms. The fourth-order valence-electron chi connectivity index (χ4n) is 4.88. The number of nitrogens with zero attached hydrogens (tertiary/aromatic N) is 1. The fourth-order valence-corrected chi connectivity index (χ4v) is 4.88. The molecule has 13 heteroatoms. The van der Waals surface area contributed by atoms with E-state index in [9.17, 15) is 28.8 Å². The summed E-state index contributed by atoms with van der Waals surface area (Å²) in [5.74, 6) is -3.37. The molecule has 13 nitrogen and oxygen atoms in total. The number of ether oxygens (including phenoxy) is 5. The number of carbonyl (C=O) groups excluding carboxylic acids is 6. The molecule has 1 N–H and O–H groups in total. The summed E-state index contributed by atoms with van der Waals surface area (Å²) in [4.78, 5) is 82.6. The summed E-state index contributed by atoms with van der Waals surface area (Å²) >= 11 is 0. The van der Waals surface area contributed by atoms with Gasteiger partial charge < -0.3 is 33.9 Å². The van der Waals surface area contributed by atoms with Crippen LogP contribution >= 0.6 is 0 Å². The van der Waals surface area contributed by atoms with Crippen LogP contribution in [0.5, 0.6) is 0 Å². The lowest BCUT2D eigenvalue weighted by Gasteiger charge is -2.49. The van der Waals surface area contributed by atoms with Crippen LogP contribution in [0, 0.1) is 21.7 Å². The van der Waals surface area contributed by atoms with E-state index in [2.05, 4.69) is 5.32 Å². The van der Waals surface area contributed by atoms with E-state index < -0.39 is 100 Å². The van der Waals surface area contributed by atoms with Crippen LogP contribution in [0.4, 0.5) is 0 Å². The van der Waals surface area contributed by atoms with Gasteiger partial charge in [0.05, 0.1) is 21.7 Å². The molecule has 0 aromatic heterocycles. The Labute approximate surface area is 315 Å². The summed E-state index contributed by atoms with van der Waals surface area (Å²) in [6.07, 6.45) is -7.29. The van der Waals surface area contributed by atoms with Crippen LogP contribution in [0.15, 0.2) is 30.3 Å². The Bertz CT molecular complexity index is 1460. The standard InChI is InChI=1S/C40H62N2O11/c1-36(2,3)32(45)49-22-26-27(51-33(46)37(4,5)6)28(52-34(47)38(7,8)9)29(53-35(48)39(10,11)12)31(50-26)42(23-43)25(30(44)41-40(13,14)15)21-24-19-17-16-18-20-24/h16-20,23,25-29,31H,21-22H2,1-15H3,(H,41,44)/t25-,26?,27+,28?,29?,31-/m1/s1. The van der Waals surface area contributed by atoms with Crippen molar-refractivity contribution in [2.24, 2.45) is 21.7 Å². The number of hydrogen-bond donors (Lipinski definition) is 1. The lowest BCUT2D eigenvalue weighted by Crippen LogP contribution is -2.69. The Morgan fingerprint density at radius 2 is 1.11 bits per heavy atom. The average molecular weight is 747 g/mol. The van der Waals surface area contributed by atoms with E-state index in [1.54, 1.807) is 128 Å².